The molecular formula is C4H8N2O7. The van der Waals surface area contributed by atoms with Gasteiger partial charge in [-0.2, -0.15) is 0 Å². The van der Waals surface area contributed by atoms with Crippen LogP contribution in [-0.4, -0.2) is 34.6 Å². The van der Waals surface area contributed by atoms with Crippen LogP contribution >= 0.6 is 0 Å². The molecule has 9 heteroatoms. The SMILES string of the molecule is O=[N+]([O-])OCC(CCO)O[N+](=O)[O-]. The molecule has 0 fully saturated rings. The summed E-state index contributed by atoms with van der Waals surface area (Å²) >= 11 is 0. The molecule has 0 aliphatic rings. The van der Waals surface area contributed by atoms with Gasteiger partial charge in [0.15, 0.2) is 0 Å². The molecule has 0 bridgehead atoms. The summed E-state index contributed by atoms with van der Waals surface area (Å²) in [6.45, 7) is -0.950. The van der Waals surface area contributed by atoms with Crippen molar-refractivity contribution in [2.75, 3.05) is 13.2 Å². The molecule has 0 saturated heterocycles. The predicted molar refractivity (Wildman–Crippen MR) is 36.5 cm³/mol. The van der Waals surface area contributed by atoms with Gasteiger partial charge in [0.05, 0.1) is 0 Å². The van der Waals surface area contributed by atoms with Crippen LogP contribution in [0.25, 0.3) is 0 Å². The second-order valence-corrected chi connectivity index (χ2v) is 1.98. The molecule has 13 heavy (non-hydrogen) atoms. The molecular weight excluding hydrogens is 188 g/mol. The Balaban J connectivity index is 3.79. The molecule has 0 saturated carbocycles. The molecule has 0 aromatic carbocycles. The lowest BCUT2D eigenvalue weighted by atomic mass is 10.3. The lowest BCUT2D eigenvalue weighted by Crippen LogP contribution is -2.25. The fourth-order valence-electron chi connectivity index (χ4n) is 0.576. The monoisotopic (exact) mass is 196 g/mol. The predicted octanol–water partition coefficient (Wildman–Crippen LogP) is -0.846. The van der Waals surface area contributed by atoms with E-state index in [9.17, 15) is 20.2 Å². The number of hydrogen-bond acceptors (Lipinski definition) is 7. The first-order valence-corrected chi connectivity index (χ1v) is 3.25. The minimum atomic E-state index is -1.12. The Kier molecular flexibility index (Phi) is 5.19. The third kappa shape index (κ3) is 6.75. The van der Waals surface area contributed by atoms with Crippen LogP contribution in [0.1, 0.15) is 6.42 Å². The van der Waals surface area contributed by atoms with Gasteiger partial charge in [0.2, 0.25) is 0 Å². The Morgan fingerprint density at radius 3 is 2.31 bits per heavy atom. The van der Waals surface area contributed by atoms with Crippen molar-refractivity contribution in [3.63, 3.8) is 0 Å². The highest BCUT2D eigenvalue weighted by Gasteiger charge is 2.14. The minimum absolute atomic E-state index is 0.102. The number of rotatable bonds is 7. The zero-order chi connectivity index (χ0) is 10.3. The van der Waals surface area contributed by atoms with Crippen LogP contribution in [0.15, 0.2) is 0 Å². The van der Waals surface area contributed by atoms with Gasteiger partial charge < -0.3 is 14.8 Å². The van der Waals surface area contributed by atoms with Crippen LogP contribution in [0.3, 0.4) is 0 Å². The van der Waals surface area contributed by atoms with Gasteiger partial charge in [-0.3, -0.25) is 0 Å². The maximum Gasteiger partial charge on any atom is 0.294 e. The van der Waals surface area contributed by atoms with E-state index >= 15 is 0 Å². The van der Waals surface area contributed by atoms with E-state index in [1.54, 1.807) is 0 Å². The maximum atomic E-state index is 9.81. The zero-order valence-electron chi connectivity index (χ0n) is 6.49. The van der Waals surface area contributed by atoms with E-state index in [0.717, 1.165) is 0 Å². The van der Waals surface area contributed by atoms with Gasteiger partial charge in [-0.25, -0.2) is 0 Å². The van der Waals surface area contributed by atoms with Crippen LogP contribution in [0, 0.1) is 20.2 Å². The Hall–Kier alpha value is -1.64. The molecule has 1 N–H and O–H groups in total. The minimum Gasteiger partial charge on any atom is -0.396 e. The first-order chi connectivity index (χ1) is 6.06. The molecule has 0 rings (SSSR count). The first-order valence-electron chi connectivity index (χ1n) is 3.25. The van der Waals surface area contributed by atoms with Crippen molar-refractivity contribution in [2.45, 2.75) is 12.5 Å². The Bertz CT molecular complexity index is 183. The molecule has 9 nitrogen and oxygen atoms in total. The van der Waals surface area contributed by atoms with Gasteiger partial charge in [0.25, 0.3) is 10.2 Å². The third-order valence-corrected chi connectivity index (χ3v) is 1.05. The molecule has 1 unspecified atom stereocenters. The highest BCUT2D eigenvalue weighted by Crippen LogP contribution is 1.99. The average molecular weight is 196 g/mol. The molecule has 0 aliphatic carbocycles. The van der Waals surface area contributed by atoms with Crippen LogP contribution in [-0.2, 0) is 9.68 Å². The summed E-state index contributed by atoms with van der Waals surface area (Å²) in [5.41, 5.74) is 0. The van der Waals surface area contributed by atoms with Crippen LogP contribution in [0.2, 0.25) is 0 Å². The molecule has 0 aliphatic heterocycles. The van der Waals surface area contributed by atoms with E-state index in [0.29, 0.717) is 0 Å². The lowest BCUT2D eigenvalue weighted by molar-refractivity contribution is -0.790. The summed E-state index contributed by atoms with van der Waals surface area (Å²) in [5.74, 6) is 0. The van der Waals surface area contributed by atoms with Crippen molar-refractivity contribution in [3.05, 3.63) is 20.2 Å². The number of aliphatic hydroxyl groups excluding tert-OH is 1. The van der Waals surface area contributed by atoms with Crippen molar-refractivity contribution in [2.24, 2.45) is 0 Å². The molecule has 0 heterocycles. The second kappa shape index (κ2) is 5.94. The van der Waals surface area contributed by atoms with Crippen molar-refractivity contribution >= 4 is 0 Å². The van der Waals surface area contributed by atoms with E-state index in [1.807, 2.05) is 0 Å². The van der Waals surface area contributed by atoms with E-state index in [-0.39, 0.29) is 13.0 Å². The molecule has 0 aromatic rings. The van der Waals surface area contributed by atoms with Gasteiger partial charge >= 0.3 is 0 Å². The second-order valence-electron chi connectivity index (χ2n) is 1.98. The summed E-state index contributed by atoms with van der Waals surface area (Å²) in [6.07, 6.45) is -1.22. The molecule has 76 valence electrons. The number of hydrogen-bond donors (Lipinski definition) is 1. The quantitative estimate of drug-likeness (QED) is 0.415. The van der Waals surface area contributed by atoms with Crippen LogP contribution < -0.4 is 0 Å². The fraction of sp³-hybridized carbons (Fsp3) is 1.00. The molecule has 1 atom stereocenters. The van der Waals surface area contributed by atoms with Crippen LogP contribution in [0.4, 0.5) is 0 Å². The first kappa shape index (κ1) is 11.4. The zero-order valence-corrected chi connectivity index (χ0v) is 6.49. The van der Waals surface area contributed by atoms with E-state index in [1.165, 1.54) is 0 Å². The van der Waals surface area contributed by atoms with E-state index in [4.69, 9.17) is 5.11 Å². The maximum absolute atomic E-state index is 9.81. The largest absolute Gasteiger partial charge is 0.396 e. The van der Waals surface area contributed by atoms with Gasteiger partial charge in [-0.15, -0.1) is 20.2 Å². The number of aliphatic hydroxyl groups is 1. The Labute approximate surface area is 72.1 Å². The van der Waals surface area contributed by atoms with Gasteiger partial charge in [-0.05, 0) is 6.42 Å². The molecule has 0 amide bonds. The third-order valence-electron chi connectivity index (χ3n) is 1.05. The van der Waals surface area contributed by atoms with Gasteiger partial charge in [0.1, 0.15) is 12.7 Å². The van der Waals surface area contributed by atoms with Crippen molar-refractivity contribution in [1.29, 1.82) is 0 Å². The molecule has 0 spiro atoms. The van der Waals surface area contributed by atoms with E-state index < -0.39 is 22.9 Å². The fourth-order valence-corrected chi connectivity index (χ4v) is 0.576. The van der Waals surface area contributed by atoms with Crippen LogP contribution in [0.5, 0.6) is 0 Å². The van der Waals surface area contributed by atoms with Gasteiger partial charge in [-0.1, -0.05) is 0 Å². The smallest absolute Gasteiger partial charge is 0.294 e. The summed E-state index contributed by atoms with van der Waals surface area (Å²) < 4.78 is 0. The van der Waals surface area contributed by atoms with Crippen molar-refractivity contribution in [3.8, 4) is 0 Å². The number of nitrogens with zero attached hydrogens (tertiary/aromatic N) is 2. The lowest BCUT2D eigenvalue weighted by Gasteiger charge is -2.11. The summed E-state index contributed by atoms with van der Waals surface area (Å²) in [4.78, 5) is 27.3. The van der Waals surface area contributed by atoms with E-state index in [2.05, 4.69) is 9.68 Å². The topological polar surface area (TPSA) is 125 Å². The standard InChI is InChI=1S/C4H8N2O7/c7-2-1-4(13-6(10)11)3-12-5(8)9/h4,7H,1-3H2. The van der Waals surface area contributed by atoms with Gasteiger partial charge in [0, 0.05) is 6.61 Å². The Morgan fingerprint density at radius 1 is 1.31 bits per heavy atom. The van der Waals surface area contributed by atoms with Crippen molar-refractivity contribution in [1.82, 2.24) is 0 Å². The normalized spacial score (nSPS) is 11.8. The summed E-state index contributed by atoms with van der Waals surface area (Å²) in [6, 6.07) is 0. The Morgan fingerprint density at radius 2 is 1.92 bits per heavy atom. The molecule has 0 radical (unpaired) electrons. The van der Waals surface area contributed by atoms with Crippen molar-refractivity contribution < 1.29 is 25.0 Å². The summed E-state index contributed by atoms with van der Waals surface area (Å²) in [5, 5.41) is 25.7. The average Bonchev–Trinajstić information content (AvgIpc) is 1.99. The molecule has 0 aromatic heterocycles. The highest BCUT2D eigenvalue weighted by atomic mass is 17.0. The summed E-state index contributed by atoms with van der Waals surface area (Å²) in [7, 11) is 0. The highest BCUT2D eigenvalue weighted by molar-refractivity contribution is 4.51.